The number of hydrogen-bond acceptors (Lipinski definition) is 3. The Morgan fingerprint density at radius 2 is 1.82 bits per heavy atom. The van der Waals surface area contributed by atoms with Crippen LogP contribution in [-0.2, 0) is 0 Å². The number of aromatic nitrogens is 2. The van der Waals surface area contributed by atoms with E-state index in [4.69, 9.17) is 5.26 Å². The molecular weight excluding hydrogens is 274 g/mol. The van der Waals surface area contributed by atoms with E-state index in [9.17, 15) is 0 Å². The Hall–Kier alpha value is -3.39. The van der Waals surface area contributed by atoms with Gasteiger partial charge in [0.1, 0.15) is 12.2 Å². The van der Waals surface area contributed by atoms with Crippen molar-refractivity contribution in [2.45, 2.75) is 0 Å². The molecule has 0 amide bonds. The predicted molar refractivity (Wildman–Crippen MR) is 86.4 cm³/mol. The van der Waals surface area contributed by atoms with E-state index in [0.29, 0.717) is 0 Å². The average Bonchev–Trinajstić information content (AvgIpc) is 3.07. The first kappa shape index (κ1) is 13.6. The van der Waals surface area contributed by atoms with E-state index in [0.717, 1.165) is 28.3 Å². The summed E-state index contributed by atoms with van der Waals surface area (Å²) < 4.78 is 0. The van der Waals surface area contributed by atoms with Gasteiger partial charge in [-0.25, -0.2) is 9.98 Å². The lowest BCUT2D eigenvalue weighted by atomic mass is 10.1. The van der Waals surface area contributed by atoms with Gasteiger partial charge in [-0.05, 0) is 12.1 Å². The molecule has 0 aliphatic heterocycles. The number of nitriles is 1. The third-order valence-corrected chi connectivity index (χ3v) is 3.13. The van der Waals surface area contributed by atoms with E-state index in [2.05, 4.69) is 20.3 Å². The molecule has 0 spiro atoms. The highest BCUT2D eigenvalue weighted by atomic mass is 14.9. The minimum Gasteiger partial charge on any atom is -0.344 e. The van der Waals surface area contributed by atoms with Crippen LogP contribution >= 0.6 is 0 Å². The molecule has 1 heterocycles. The first-order chi connectivity index (χ1) is 10.9. The molecule has 0 saturated heterocycles. The number of aromatic amines is 1. The summed E-state index contributed by atoms with van der Waals surface area (Å²) in [5.41, 5.74) is 3.71. The van der Waals surface area contributed by atoms with Crippen LogP contribution in [0.5, 0.6) is 0 Å². The number of hydrogen-bond donors (Lipinski definition) is 2. The van der Waals surface area contributed by atoms with Gasteiger partial charge in [0.05, 0.1) is 11.4 Å². The Bertz CT molecular complexity index is 810. The number of imidazole rings is 1. The molecule has 0 radical (unpaired) electrons. The third kappa shape index (κ3) is 3.02. The van der Waals surface area contributed by atoms with Crippen molar-refractivity contribution in [1.82, 2.24) is 15.3 Å². The zero-order valence-corrected chi connectivity index (χ0v) is 11.7. The lowest BCUT2D eigenvalue weighted by Crippen LogP contribution is -1.98. The summed E-state index contributed by atoms with van der Waals surface area (Å²) in [7, 11) is 0. The summed E-state index contributed by atoms with van der Waals surface area (Å²) in [5.74, 6) is 0.843. The van der Waals surface area contributed by atoms with E-state index in [1.807, 2.05) is 60.8 Å². The van der Waals surface area contributed by atoms with Crippen LogP contribution in [0.1, 0.15) is 0 Å². The Morgan fingerprint density at radius 3 is 2.55 bits per heavy atom. The molecule has 1 aromatic heterocycles. The van der Waals surface area contributed by atoms with Crippen LogP contribution in [0.4, 0.5) is 5.69 Å². The Labute approximate surface area is 128 Å². The molecule has 0 unspecified atom stereocenters. The van der Waals surface area contributed by atoms with Gasteiger partial charge >= 0.3 is 0 Å². The second-order valence-corrected chi connectivity index (χ2v) is 4.56. The van der Waals surface area contributed by atoms with Crippen molar-refractivity contribution >= 4 is 12.0 Å². The standard InChI is InChI=1S/C17H13N5/c18-11-19-12-21-15-8-6-13(7-9-15)16-10-20-17(22-16)14-4-2-1-3-5-14/h1-10,12H,(H,19,21)(H,20,22). The highest BCUT2D eigenvalue weighted by molar-refractivity contribution is 5.67. The number of H-pyrrole nitrogens is 1. The number of aliphatic imine (C=N–C) groups is 1. The van der Waals surface area contributed by atoms with Crippen molar-refractivity contribution in [2.24, 2.45) is 4.99 Å². The normalized spacial score (nSPS) is 10.5. The monoisotopic (exact) mass is 287 g/mol. The molecule has 5 nitrogen and oxygen atoms in total. The molecule has 22 heavy (non-hydrogen) atoms. The van der Waals surface area contributed by atoms with Crippen molar-refractivity contribution in [2.75, 3.05) is 0 Å². The molecule has 3 aromatic rings. The molecule has 0 atom stereocenters. The fraction of sp³-hybridized carbons (Fsp3) is 0. The van der Waals surface area contributed by atoms with Gasteiger partial charge in [0, 0.05) is 17.3 Å². The summed E-state index contributed by atoms with van der Waals surface area (Å²) in [6.45, 7) is 0. The molecule has 0 aliphatic carbocycles. The maximum Gasteiger partial charge on any atom is 0.182 e. The van der Waals surface area contributed by atoms with E-state index in [-0.39, 0.29) is 0 Å². The van der Waals surface area contributed by atoms with Crippen LogP contribution in [0.25, 0.3) is 22.6 Å². The lowest BCUT2D eigenvalue weighted by molar-refractivity contribution is 1.29. The highest BCUT2D eigenvalue weighted by Crippen LogP contribution is 2.23. The molecular formula is C17H13N5. The molecule has 3 rings (SSSR count). The smallest absolute Gasteiger partial charge is 0.182 e. The first-order valence-electron chi connectivity index (χ1n) is 6.75. The number of nitrogens with zero attached hydrogens (tertiary/aromatic N) is 3. The molecule has 106 valence electrons. The average molecular weight is 287 g/mol. The predicted octanol–water partition coefficient (Wildman–Crippen LogP) is 3.47. The topological polar surface area (TPSA) is 76.9 Å². The third-order valence-electron chi connectivity index (χ3n) is 3.13. The van der Waals surface area contributed by atoms with Crippen LogP contribution in [-0.4, -0.2) is 16.3 Å². The Morgan fingerprint density at radius 1 is 1.05 bits per heavy atom. The lowest BCUT2D eigenvalue weighted by Gasteiger charge is -1.98. The fourth-order valence-electron chi connectivity index (χ4n) is 2.07. The van der Waals surface area contributed by atoms with Crippen molar-refractivity contribution in [3.8, 4) is 28.8 Å². The molecule has 2 N–H and O–H groups in total. The Balaban J connectivity index is 1.81. The molecule has 0 bridgehead atoms. The summed E-state index contributed by atoms with van der Waals surface area (Å²) in [6.07, 6.45) is 5.02. The SMILES string of the molecule is N#CN/C=N/c1ccc(-c2c[nH]c(-c3ccccc3)n2)cc1. The largest absolute Gasteiger partial charge is 0.344 e. The molecule has 0 fully saturated rings. The summed E-state index contributed by atoms with van der Waals surface area (Å²) in [5, 5.41) is 10.7. The van der Waals surface area contributed by atoms with Crippen molar-refractivity contribution in [3.05, 3.63) is 60.8 Å². The van der Waals surface area contributed by atoms with Gasteiger partial charge in [-0.15, -0.1) is 0 Å². The van der Waals surface area contributed by atoms with Crippen molar-refractivity contribution < 1.29 is 0 Å². The number of nitrogens with one attached hydrogen (secondary N) is 2. The van der Waals surface area contributed by atoms with Gasteiger partial charge in [0.25, 0.3) is 0 Å². The van der Waals surface area contributed by atoms with Gasteiger partial charge < -0.3 is 4.98 Å². The second kappa shape index (κ2) is 6.37. The molecule has 5 heteroatoms. The zero-order valence-electron chi connectivity index (χ0n) is 11.7. The maximum atomic E-state index is 8.37. The fourth-order valence-corrected chi connectivity index (χ4v) is 2.07. The van der Waals surface area contributed by atoms with E-state index in [1.165, 1.54) is 6.34 Å². The summed E-state index contributed by atoms with van der Waals surface area (Å²) in [6, 6.07) is 17.6. The van der Waals surface area contributed by atoms with Gasteiger partial charge in [-0.2, -0.15) is 5.26 Å². The minimum absolute atomic E-state index is 0.769. The van der Waals surface area contributed by atoms with Gasteiger partial charge in [-0.1, -0.05) is 42.5 Å². The van der Waals surface area contributed by atoms with E-state index in [1.54, 1.807) is 6.19 Å². The molecule has 2 aromatic carbocycles. The first-order valence-corrected chi connectivity index (χ1v) is 6.75. The van der Waals surface area contributed by atoms with Crippen LogP contribution in [0, 0.1) is 11.5 Å². The second-order valence-electron chi connectivity index (χ2n) is 4.56. The van der Waals surface area contributed by atoms with Gasteiger partial charge in [0.15, 0.2) is 6.19 Å². The minimum atomic E-state index is 0.769. The van der Waals surface area contributed by atoms with Crippen LogP contribution < -0.4 is 5.32 Å². The molecule has 0 saturated carbocycles. The zero-order chi connectivity index (χ0) is 15.2. The van der Waals surface area contributed by atoms with Crippen LogP contribution in [0.3, 0.4) is 0 Å². The number of benzene rings is 2. The van der Waals surface area contributed by atoms with E-state index < -0.39 is 0 Å². The quantitative estimate of drug-likeness (QED) is 0.334. The van der Waals surface area contributed by atoms with Crippen molar-refractivity contribution in [1.29, 1.82) is 5.26 Å². The summed E-state index contributed by atoms with van der Waals surface area (Å²) in [4.78, 5) is 11.9. The van der Waals surface area contributed by atoms with Crippen LogP contribution in [0.15, 0.2) is 65.8 Å². The maximum absolute atomic E-state index is 8.37. The summed E-state index contributed by atoms with van der Waals surface area (Å²) >= 11 is 0. The highest BCUT2D eigenvalue weighted by Gasteiger charge is 2.05. The Kier molecular flexibility index (Phi) is 3.94. The van der Waals surface area contributed by atoms with E-state index >= 15 is 0 Å². The van der Waals surface area contributed by atoms with Crippen molar-refractivity contribution in [3.63, 3.8) is 0 Å². The van der Waals surface area contributed by atoms with Gasteiger partial charge in [-0.3, -0.25) is 5.32 Å². The molecule has 0 aliphatic rings. The number of rotatable bonds is 4. The van der Waals surface area contributed by atoms with Crippen LogP contribution in [0.2, 0.25) is 0 Å². The van der Waals surface area contributed by atoms with Gasteiger partial charge in [0.2, 0.25) is 0 Å².